The smallest absolute Gasteiger partial charge is 0.223 e. The van der Waals surface area contributed by atoms with Gasteiger partial charge in [-0.1, -0.05) is 36.9 Å². The Balaban J connectivity index is 1.86. The normalized spacial score (nSPS) is 16.7. The molecule has 0 aliphatic carbocycles. The number of amides is 1. The molecule has 2 heterocycles. The van der Waals surface area contributed by atoms with E-state index >= 15 is 0 Å². The largest absolute Gasteiger partial charge is 0.353 e. The van der Waals surface area contributed by atoms with Gasteiger partial charge in [-0.05, 0) is 88.6 Å². The number of rotatable bonds is 12. The van der Waals surface area contributed by atoms with Crippen LogP contribution in [0.4, 0.5) is 0 Å². The van der Waals surface area contributed by atoms with E-state index in [0.717, 1.165) is 64.5 Å². The second-order valence-corrected chi connectivity index (χ2v) is 7.85. The molecular formula is C25H37N3O. The third kappa shape index (κ3) is 9.23. The third-order valence-corrected chi connectivity index (χ3v) is 5.58. The van der Waals surface area contributed by atoms with E-state index < -0.39 is 0 Å². The number of nitrogens with zero attached hydrogens (tertiary/aromatic N) is 1. The van der Waals surface area contributed by atoms with Gasteiger partial charge < -0.3 is 10.6 Å². The molecule has 1 fully saturated rings. The quantitative estimate of drug-likeness (QED) is 0.502. The van der Waals surface area contributed by atoms with E-state index in [1.54, 1.807) is 0 Å². The fourth-order valence-electron chi connectivity index (χ4n) is 3.82. The van der Waals surface area contributed by atoms with Crippen LogP contribution in [0.3, 0.4) is 0 Å². The van der Waals surface area contributed by atoms with Crippen LogP contribution in [0.25, 0.3) is 0 Å². The summed E-state index contributed by atoms with van der Waals surface area (Å²) in [4.78, 5) is 16.9. The fourth-order valence-corrected chi connectivity index (χ4v) is 3.82. The van der Waals surface area contributed by atoms with Crippen molar-refractivity contribution in [1.29, 1.82) is 0 Å². The molecule has 1 saturated heterocycles. The molecule has 1 aliphatic rings. The van der Waals surface area contributed by atoms with Gasteiger partial charge in [0.15, 0.2) is 0 Å². The highest BCUT2D eigenvalue weighted by molar-refractivity contribution is 5.79. The van der Waals surface area contributed by atoms with Crippen molar-refractivity contribution in [3.63, 3.8) is 0 Å². The lowest BCUT2D eigenvalue weighted by Crippen LogP contribution is -2.42. The average molecular weight is 396 g/mol. The predicted octanol–water partition coefficient (Wildman–Crippen LogP) is 4.75. The zero-order chi connectivity index (χ0) is 20.7. The molecule has 1 amide bonds. The third-order valence-electron chi connectivity index (χ3n) is 5.58. The van der Waals surface area contributed by atoms with E-state index in [0.29, 0.717) is 0 Å². The minimum Gasteiger partial charge on any atom is -0.353 e. The number of carbonyl (C=O) groups excluding carboxylic acids is 1. The van der Waals surface area contributed by atoms with Crippen molar-refractivity contribution in [3.8, 4) is 0 Å². The molecule has 0 bridgehead atoms. The van der Waals surface area contributed by atoms with E-state index in [1.165, 1.54) is 11.1 Å². The van der Waals surface area contributed by atoms with Crippen molar-refractivity contribution in [3.05, 3.63) is 66.5 Å². The first-order valence-corrected chi connectivity index (χ1v) is 11.1. The van der Waals surface area contributed by atoms with Crippen molar-refractivity contribution in [2.24, 2.45) is 5.92 Å². The molecule has 0 spiro atoms. The molecule has 4 nitrogen and oxygen atoms in total. The van der Waals surface area contributed by atoms with Crippen LogP contribution in [0, 0.1) is 5.92 Å². The first-order valence-electron chi connectivity index (χ1n) is 11.1. The second kappa shape index (κ2) is 13.9. The number of piperidine rings is 1. The molecule has 1 unspecified atom stereocenters. The van der Waals surface area contributed by atoms with Crippen molar-refractivity contribution < 1.29 is 4.79 Å². The van der Waals surface area contributed by atoms with Crippen LogP contribution >= 0.6 is 0 Å². The molecule has 2 rings (SSSR count). The monoisotopic (exact) mass is 395 g/mol. The average Bonchev–Trinajstić information content (AvgIpc) is 2.77. The Labute approximate surface area is 176 Å². The van der Waals surface area contributed by atoms with Gasteiger partial charge in [0.1, 0.15) is 0 Å². The minimum absolute atomic E-state index is 0.162. The van der Waals surface area contributed by atoms with Crippen LogP contribution in [-0.4, -0.2) is 30.0 Å². The molecule has 0 aromatic carbocycles. The van der Waals surface area contributed by atoms with Gasteiger partial charge in [0.05, 0.1) is 0 Å². The van der Waals surface area contributed by atoms with Crippen molar-refractivity contribution in [2.45, 2.75) is 64.3 Å². The number of aromatic nitrogens is 1. The fraction of sp³-hybridized carbons (Fsp3) is 0.520. The molecule has 29 heavy (non-hydrogen) atoms. The molecule has 1 aliphatic heterocycles. The van der Waals surface area contributed by atoms with Gasteiger partial charge in [-0.3, -0.25) is 9.78 Å². The van der Waals surface area contributed by atoms with Crippen LogP contribution < -0.4 is 10.6 Å². The van der Waals surface area contributed by atoms with Crippen molar-refractivity contribution in [1.82, 2.24) is 15.6 Å². The summed E-state index contributed by atoms with van der Waals surface area (Å²) >= 11 is 0. The Morgan fingerprint density at radius 2 is 2.14 bits per heavy atom. The predicted molar refractivity (Wildman–Crippen MR) is 122 cm³/mol. The maximum Gasteiger partial charge on any atom is 0.223 e. The van der Waals surface area contributed by atoms with Crippen LogP contribution in [0.5, 0.6) is 0 Å². The molecule has 1 aromatic rings. The Bertz CT molecular complexity index is 660. The van der Waals surface area contributed by atoms with Crippen LogP contribution in [-0.2, 0) is 11.2 Å². The van der Waals surface area contributed by atoms with Gasteiger partial charge in [0.25, 0.3) is 0 Å². The summed E-state index contributed by atoms with van der Waals surface area (Å²) in [5.41, 5.74) is 2.51. The summed E-state index contributed by atoms with van der Waals surface area (Å²) in [7, 11) is 0. The summed E-state index contributed by atoms with van der Waals surface area (Å²) in [6.07, 6.45) is 19.9. The highest BCUT2D eigenvalue weighted by Crippen LogP contribution is 2.17. The SMILES string of the molecule is C=C/C(=C\C=C/C)CCCC(CCCc1cccnc1)NC(=O)C1CCNCC1. The van der Waals surface area contributed by atoms with Crippen molar-refractivity contribution in [2.75, 3.05) is 13.1 Å². The summed E-state index contributed by atoms with van der Waals surface area (Å²) in [5, 5.41) is 6.70. The summed E-state index contributed by atoms with van der Waals surface area (Å²) in [6, 6.07) is 4.35. The highest BCUT2D eigenvalue weighted by atomic mass is 16.1. The molecule has 4 heteroatoms. The minimum atomic E-state index is 0.162. The van der Waals surface area contributed by atoms with Gasteiger partial charge in [-0.25, -0.2) is 0 Å². The first-order chi connectivity index (χ1) is 14.2. The first kappa shape index (κ1) is 23.1. The molecule has 2 N–H and O–H groups in total. The lowest BCUT2D eigenvalue weighted by molar-refractivity contribution is -0.126. The number of hydrogen-bond donors (Lipinski definition) is 2. The number of nitrogens with one attached hydrogen (secondary N) is 2. The number of allylic oxidation sites excluding steroid dienone is 5. The van der Waals surface area contributed by atoms with Gasteiger partial charge in [0.2, 0.25) is 5.91 Å². The Morgan fingerprint density at radius 3 is 2.83 bits per heavy atom. The van der Waals surface area contributed by atoms with E-state index in [2.05, 4.69) is 40.4 Å². The molecule has 1 aromatic heterocycles. The van der Waals surface area contributed by atoms with E-state index in [-0.39, 0.29) is 17.9 Å². The van der Waals surface area contributed by atoms with Crippen LogP contribution in [0.2, 0.25) is 0 Å². The van der Waals surface area contributed by atoms with E-state index in [1.807, 2.05) is 37.5 Å². The molecule has 1 atom stereocenters. The zero-order valence-corrected chi connectivity index (χ0v) is 17.9. The number of aryl methyl sites for hydroxylation is 1. The summed E-state index contributed by atoms with van der Waals surface area (Å²) < 4.78 is 0. The Morgan fingerprint density at radius 1 is 1.34 bits per heavy atom. The highest BCUT2D eigenvalue weighted by Gasteiger charge is 2.23. The standard InChI is InChI=1S/C25H37N3O/c1-3-5-9-21(4-2)10-6-13-24(14-7-11-22-12-8-17-27-20-22)28-25(29)23-15-18-26-19-16-23/h3-5,8-9,12,17,20,23-24,26H,2,6-7,10-11,13-16,18-19H2,1H3,(H,28,29)/b5-3-,21-9+. The number of pyridine rings is 1. The van der Waals surface area contributed by atoms with Crippen molar-refractivity contribution >= 4 is 5.91 Å². The van der Waals surface area contributed by atoms with E-state index in [4.69, 9.17) is 0 Å². The molecule has 158 valence electrons. The summed E-state index contributed by atoms with van der Waals surface area (Å²) in [6.45, 7) is 7.83. The van der Waals surface area contributed by atoms with Crippen LogP contribution in [0.1, 0.15) is 57.4 Å². The number of carbonyl (C=O) groups is 1. The molecule has 0 radical (unpaired) electrons. The van der Waals surface area contributed by atoms with Gasteiger partial charge >= 0.3 is 0 Å². The Hall–Kier alpha value is -2.20. The second-order valence-electron chi connectivity index (χ2n) is 7.85. The summed E-state index contributed by atoms with van der Waals surface area (Å²) in [5.74, 6) is 0.404. The number of hydrogen-bond acceptors (Lipinski definition) is 3. The van der Waals surface area contributed by atoms with Gasteiger partial charge in [0, 0.05) is 24.4 Å². The zero-order valence-electron chi connectivity index (χ0n) is 17.9. The lowest BCUT2D eigenvalue weighted by Gasteiger charge is -2.25. The topological polar surface area (TPSA) is 54.0 Å². The van der Waals surface area contributed by atoms with Gasteiger partial charge in [-0.15, -0.1) is 0 Å². The molecular weight excluding hydrogens is 358 g/mol. The maximum absolute atomic E-state index is 12.8. The molecule has 0 saturated carbocycles. The Kier molecular flexibility index (Phi) is 11.1. The van der Waals surface area contributed by atoms with Crippen LogP contribution in [0.15, 0.2) is 61.0 Å². The van der Waals surface area contributed by atoms with Gasteiger partial charge in [-0.2, -0.15) is 0 Å². The maximum atomic E-state index is 12.8. The van der Waals surface area contributed by atoms with E-state index in [9.17, 15) is 4.79 Å². The lowest BCUT2D eigenvalue weighted by atomic mass is 9.95.